The van der Waals surface area contributed by atoms with E-state index >= 15 is 0 Å². The van der Waals surface area contributed by atoms with Crippen LogP contribution in [0, 0.1) is 12.7 Å². The van der Waals surface area contributed by atoms with Crippen molar-refractivity contribution in [3.8, 4) is 0 Å². The Kier molecular flexibility index (Phi) is 15.3. The van der Waals surface area contributed by atoms with Crippen molar-refractivity contribution in [2.24, 2.45) is 0 Å². The van der Waals surface area contributed by atoms with Crippen molar-refractivity contribution in [3.05, 3.63) is 49.1 Å². The van der Waals surface area contributed by atoms with Gasteiger partial charge in [0.25, 0.3) is 0 Å². The number of hydrogen-bond acceptors (Lipinski definition) is 0. The first kappa shape index (κ1) is 14.0. The molecule has 0 atom stereocenters. The van der Waals surface area contributed by atoms with Crippen LogP contribution in [0.3, 0.4) is 0 Å². The fourth-order valence-electron chi connectivity index (χ4n) is 0.555. The van der Waals surface area contributed by atoms with Gasteiger partial charge in [0.1, 0.15) is 0 Å². The van der Waals surface area contributed by atoms with Crippen molar-refractivity contribution in [1.29, 1.82) is 0 Å². The Balaban J connectivity index is 0. The molecule has 1 heteroatoms. The van der Waals surface area contributed by atoms with Crippen molar-refractivity contribution in [3.63, 3.8) is 0 Å². The Morgan fingerprint density at radius 3 is 2.50 bits per heavy atom. The van der Waals surface area contributed by atoms with Gasteiger partial charge in [0.15, 0.2) is 0 Å². The summed E-state index contributed by atoms with van der Waals surface area (Å²) in [5.74, 6) is 0. The van der Waals surface area contributed by atoms with Crippen LogP contribution in [0.5, 0.6) is 0 Å². The predicted molar refractivity (Wildman–Crippen MR) is 49.9 cm³/mol. The minimum atomic E-state index is 0. The molecular weight excluding hydrogens is 191 g/mol. The quantitative estimate of drug-likeness (QED) is 0.479. The second-order valence-electron chi connectivity index (χ2n) is 2.03. The van der Waals surface area contributed by atoms with E-state index in [-0.39, 0.29) is 16.8 Å². The Morgan fingerprint density at radius 2 is 2.33 bits per heavy atom. The van der Waals surface area contributed by atoms with E-state index in [4.69, 9.17) is 6.58 Å². The molecule has 0 aromatic carbocycles. The molecular formula is C11H14Co. The molecule has 0 aliphatic heterocycles. The van der Waals surface area contributed by atoms with Crippen LogP contribution >= 0.6 is 0 Å². The first-order valence-electron chi connectivity index (χ1n) is 3.83. The topological polar surface area (TPSA) is 0 Å². The molecule has 67 valence electrons. The van der Waals surface area contributed by atoms with Crippen molar-refractivity contribution >= 4 is 0 Å². The molecule has 1 aliphatic rings. The Hall–Kier alpha value is -0.534. The normalized spacial score (nSPS) is 12.1. The molecule has 12 heavy (non-hydrogen) atoms. The average Bonchev–Trinajstić information content (AvgIpc) is 2.57. The summed E-state index contributed by atoms with van der Waals surface area (Å²) in [6, 6.07) is 0. The average molecular weight is 205 g/mol. The monoisotopic (exact) mass is 205 g/mol. The second-order valence-corrected chi connectivity index (χ2v) is 2.03. The molecule has 0 nitrogen and oxygen atoms in total. The van der Waals surface area contributed by atoms with E-state index < -0.39 is 0 Å². The van der Waals surface area contributed by atoms with Crippen LogP contribution in [0.4, 0.5) is 0 Å². The van der Waals surface area contributed by atoms with Gasteiger partial charge in [-0.3, -0.25) is 12.7 Å². The van der Waals surface area contributed by atoms with E-state index in [0.29, 0.717) is 0 Å². The molecule has 1 aliphatic carbocycles. The van der Waals surface area contributed by atoms with Crippen LogP contribution in [0.25, 0.3) is 0 Å². The summed E-state index contributed by atoms with van der Waals surface area (Å²) in [7, 11) is 0. The third-order valence-corrected chi connectivity index (χ3v) is 1.07. The standard InChI is InChI=1S/C6H9.C5H5.Co/c1-3-5-6-4-2;1-2-4-5-3-1;/h1,3,5-6H,4H2,2H3;1-3H,4H2;/q2*-1;+2/b6-5+;;. The van der Waals surface area contributed by atoms with Crippen molar-refractivity contribution in [2.45, 2.75) is 19.8 Å². The van der Waals surface area contributed by atoms with Crippen LogP contribution in [0.2, 0.25) is 0 Å². The Labute approximate surface area is 86.0 Å². The molecule has 0 saturated carbocycles. The van der Waals surface area contributed by atoms with Crippen molar-refractivity contribution < 1.29 is 16.8 Å². The van der Waals surface area contributed by atoms with Gasteiger partial charge in [0.2, 0.25) is 0 Å². The van der Waals surface area contributed by atoms with Crippen molar-refractivity contribution in [1.82, 2.24) is 0 Å². The summed E-state index contributed by atoms with van der Waals surface area (Å²) in [5.41, 5.74) is 0. The van der Waals surface area contributed by atoms with Gasteiger partial charge in [-0.15, -0.1) is 6.42 Å². The summed E-state index contributed by atoms with van der Waals surface area (Å²) < 4.78 is 0. The van der Waals surface area contributed by atoms with Gasteiger partial charge in [-0.1, -0.05) is 13.3 Å². The molecule has 0 aromatic heterocycles. The smallest absolute Gasteiger partial charge is 0.293 e. The van der Waals surface area contributed by atoms with Gasteiger partial charge in [-0.25, -0.2) is 24.3 Å². The molecule has 0 N–H and O–H groups in total. The third-order valence-electron chi connectivity index (χ3n) is 1.07. The van der Waals surface area contributed by atoms with Crippen molar-refractivity contribution in [2.75, 3.05) is 0 Å². The molecule has 0 bridgehead atoms. The molecule has 0 spiro atoms. The number of hydrogen-bond donors (Lipinski definition) is 0. The molecule has 0 aromatic rings. The van der Waals surface area contributed by atoms with Gasteiger partial charge in [0, 0.05) is 0 Å². The zero-order chi connectivity index (χ0) is 8.36. The molecule has 0 saturated heterocycles. The molecule has 1 radical (unpaired) electrons. The van der Waals surface area contributed by atoms with Gasteiger partial charge < -0.3 is 0 Å². The molecule has 0 amide bonds. The molecule has 0 heterocycles. The Bertz CT molecular complexity index is 154. The van der Waals surface area contributed by atoms with Crippen LogP contribution in [-0.4, -0.2) is 0 Å². The third kappa shape index (κ3) is 12.2. The predicted octanol–water partition coefficient (Wildman–Crippen LogP) is 3.24. The van der Waals surface area contributed by atoms with Crippen LogP contribution in [0.1, 0.15) is 19.8 Å². The first-order valence-corrected chi connectivity index (χ1v) is 3.83. The summed E-state index contributed by atoms with van der Waals surface area (Å²) >= 11 is 0. The SMILES string of the molecule is [C-]1=CC=CC1.[CH-]=C/C=C/CC.[Co+2]. The van der Waals surface area contributed by atoms with E-state index in [2.05, 4.69) is 19.1 Å². The van der Waals surface area contributed by atoms with Crippen LogP contribution in [0.15, 0.2) is 36.5 Å². The fourth-order valence-corrected chi connectivity index (χ4v) is 0.555. The maximum Gasteiger partial charge on any atom is 2.00 e. The van der Waals surface area contributed by atoms with E-state index in [0.717, 1.165) is 12.8 Å². The summed E-state index contributed by atoms with van der Waals surface area (Å²) in [6.45, 7) is 7.07. The number of rotatable bonds is 2. The summed E-state index contributed by atoms with van der Waals surface area (Å²) in [4.78, 5) is 0. The molecule has 0 unspecified atom stereocenters. The van der Waals surface area contributed by atoms with E-state index in [1.807, 2.05) is 24.3 Å². The van der Waals surface area contributed by atoms with Gasteiger partial charge in [-0.05, 0) is 0 Å². The maximum atomic E-state index is 5.00. The number of allylic oxidation sites excluding steroid dienone is 7. The van der Waals surface area contributed by atoms with Crippen LogP contribution < -0.4 is 0 Å². The fraction of sp³-hybridized carbons (Fsp3) is 0.273. The largest absolute Gasteiger partial charge is 2.00 e. The van der Waals surface area contributed by atoms with E-state index in [9.17, 15) is 0 Å². The first-order chi connectivity index (χ1) is 5.41. The summed E-state index contributed by atoms with van der Waals surface area (Å²) in [6.07, 6.45) is 16.4. The van der Waals surface area contributed by atoms with Crippen LogP contribution in [-0.2, 0) is 16.8 Å². The van der Waals surface area contributed by atoms with E-state index in [1.165, 1.54) is 6.08 Å². The maximum absolute atomic E-state index is 5.00. The summed E-state index contributed by atoms with van der Waals surface area (Å²) in [5, 5.41) is 0. The van der Waals surface area contributed by atoms with E-state index in [1.54, 1.807) is 0 Å². The minimum Gasteiger partial charge on any atom is -0.293 e. The van der Waals surface area contributed by atoms with Gasteiger partial charge >= 0.3 is 16.8 Å². The molecule has 0 fully saturated rings. The van der Waals surface area contributed by atoms with Gasteiger partial charge in [0.05, 0.1) is 0 Å². The van der Waals surface area contributed by atoms with Gasteiger partial charge in [-0.2, -0.15) is 12.2 Å². The minimum absolute atomic E-state index is 0. The Morgan fingerprint density at radius 1 is 1.58 bits per heavy atom. The zero-order valence-corrected chi connectivity index (χ0v) is 8.33. The second kappa shape index (κ2) is 13.1. The zero-order valence-electron chi connectivity index (χ0n) is 7.29. The molecule has 1 rings (SSSR count).